The number of amides is 1. The zero-order valence-corrected chi connectivity index (χ0v) is 15.3. The number of fused-ring (bicyclic) bond motifs is 1. The molecule has 0 saturated heterocycles. The van der Waals surface area contributed by atoms with Crippen molar-refractivity contribution in [2.75, 3.05) is 13.7 Å². The van der Waals surface area contributed by atoms with Crippen molar-refractivity contribution < 1.29 is 23.6 Å². The van der Waals surface area contributed by atoms with Gasteiger partial charge in [0.2, 0.25) is 5.82 Å². The highest BCUT2D eigenvalue weighted by Gasteiger charge is 2.23. The molecule has 1 amide bonds. The number of aromatic amines is 1. The van der Waals surface area contributed by atoms with E-state index in [-0.39, 0.29) is 11.5 Å². The van der Waals surface area contributed by atoms with Crippen LogP contribution in [0.2, 0.25) is 0 Å². The third-order valence-corrected chi connectivity index (χ3v) is 4.46. The van der Waals surface area contributed by atoms with Crippen LogP contribution in [0.4, 0.5) is 4.39 Å². The molecule has 0 saturated carbocycles. The Hall–Kier alpha value is -3.72. The molecule has 29 heavy (non-hydrogen) atoms. The van der Waals surface area contributed by atoms with E-state index in [4.69, 9.17) is 9.26 Å². The summed E-state index contributed by atoms with van der Waals surface area (Å²) in [4.78, 5) is 19.8. The molecule has 0 aliphatic heterocycles. The Morgan fingerprint density at radius 3 is 2.83 bits per heavy atom. The molecule has 2 aromatic heterocycles. The number of halogens is 1. The maximum absolute atomic E-state index is 13.0. The Morgan fingerprint density at radius 2 is 2.10 bits per heavy atom. The van der Waals surface area contributed by atoms with Gasteiger partial charge in [-0.3, -0.25) is 4.79 Å². The van der Waals surface area contributed by atoms with E-state index in [9.17, 15) is 14.3 Å². The second kappa shape index (κ2) is 7.72. The smallest absolute Gasteiger partial charge is 0.251 e. The first kappa shape index (κ1) is 18.6. The lowest BCUT2D eigenvalue weighted by molar-refractivity contribution is 0.0901. The van der Waals surface area contributed by atoms with Crippen LogP contribution < -0.4 is 10.1 Å². The quantitative estimate of drug-likeness (QED) is 0.462. The van der Waals surface area contributed by atoms with E-state index in [0.29, 0.717) is 17.1 Å². The molecule has 0 fully saturated rings. The van der Waals surface area contributed by atoms with Gasteiger partial charge in [0.1, 0.15) is 17.6 Å². The number of hydrogen-bond donors (Lipinski definition) is 3. The van der Waals surface area contributed by atoms with Gasteiger partial charge in [-0.1, -0.05) is 5.16 Å². The maximum atomic E-state index is 13.0. The van der Waals surface area contributed by atoms with Gasteiger partial charge >= 0.3 is 0 Å². The lowest BCUT2D eigenvalue weighted by Gasteiger charge is -2.12. The number of nitrogens with one attached hydrogen (secondary N) is 2. The second-order valence-corrected chi connectivity index (χ2v) is 6.29. The molecule has 8 nitrogen and oxygen atoms in total. The van der Waals surface area contributed by atoms with Crippen molar-refractivity contribution in [3.63, 3.8) is 0 Å². The van der Waals surface area contributed by atoms with Gasteiger partial charge in [-0.05, 0) is 42.5 Å². The first-order valence-electron chi connectivity index (χ1n) is 8.75. The lowest BCUT2D eigenvalue weighted by atomic mass is 10.1. The summed E-state index contributed by atoms with van der Waals surface area (Å²) in [5.41, 5.74) is 1.80. The minimum absolute atomic E-state index is 0.0511. The molecule has 0 unspecified atom stereocenters. The van der Waals surface area contributed by atoms with Gasteiger partial charge in [-0.25, -0.2) is 4.39 Å². The number of methoxy groups -OCH3 is 1. The van der Waals surface area contributed by atoms with Crippen molar-refractivity contribution in [1.82, 2.24) is 20.4 Å². The number of aliphatic hydroxyl groups is 1. The zero-order valence-electron chi connectivity index (χ0n) is 15.3. The number of carbonyl (C=O) groups excluding carboxylic acids is 1. The van der Waals surface area contributed by atoms with Gasteiger partial charge in [0, 0.05) is 28.2 Å². The van der Waals surface area contributed by atoms with Gasteiger partial charge < -0.3 is 24.7 Å². The Labute approximate surface area is 164 Å². The van der Waals surface area contributed by atoms with Crippen LogP contribution in [0.3, 0.4) is 0 Å². The molecule has 0 aliphatic rings. The van der Waals surface area contributed by atoms with Crippen molar-refractivity contribution >= 4 is 16.8 Å². The highest BCUT2D eigenvalue weighted by Crippen LogP contribution is 2.30. The molecule has 3 N–H and O–H groups in total. The van der Waals surface area contributed by atoms with Crippen molar-refractivity contribution in [1.29, 1.82) is 0 Å². The number of carbonyl (C=O) groups is 1. The highest BCUT2D eigenvalue weighted by atomic mass is 19.1. The van der Waals surface area contributed by atoms with Gasteiger partial charge in [0.15, 0.2) is 0 Å². The van der Waals surface area contributed by atoms with Crippen LogP contribution in [0.15, 0.2) is 53.2 Å². The van der Waals surface area contributed by atoms with E-state index < -0.39 is 24.4 Å². The summed E-state index contributed by atoms with van der Waals surface area (Å²) in [5.74, 6) is 0.0869. The van der Waals surface area contributed by atoms with Gasteiger partial charge in [-0.15, -0.1) is 0 Å². The Bertz CT molecular complexity index is 1150. The lowest BCUT2D eigenvalue weighted by Crippen LogP contribution is -2.31. The molecule has 9 heteroatoms. The molecule has 4 aromatic rings. The summed E-state index contributed by atoms with van der Waals surface area (Å²) >= 11 is 0. The van der Waals surface area contributed by atoms with Crippen LogP contribution in [0.1, 0.15) is 22.3 Å². The number of nitrogens with zero attached hydrogens (tertiary/aromatic N) is 2. The number of rotatable bonds is 6. The van der Waals surface area contributed by atoms with Crippen LogP contribution in [0.5, 0.6) is 5.75 Å². The average molecular weight is 396 g/mol. The molecule has 4 rings (SSSR count). The van der Waals surface area contributed by atoms with E-state index in [2.05, 4.69) is 20.4 Å². The molecule has 0 radical (unpaired) electrons. The van der Waals surface area contributed by atoms with Crippen molar-refractivity contribution in [2.45, 2.75) is 6.04 Å². The minimum atomic E-state index is -0.909. The normalized spacial score (nSPS) is 12.1. The van der Waals surface area contributed by atoms with Gasteiger partial charge in [0.05, 0.1) is 13.7 Å². The fourth-order valence-electron chi connectivity index (χ4n) is 2.93. The monoisotopic (exact) mass is 396 g/mol. The van der Waals surface area contributed by atoms with Crippen LogP contribution >= 0.6 is 0 Å². The molecule has 0 aliphatic carbocycles. The van der Waals surface area contributed by atoms with Gasteiger partial charge in [0.25, 0.3) is 11.8 Å². The standard InChI is InChI=1S/C20H17FN4O4/c1-28-13-6-7-16-14(8-13)15(9-22-16)18-24-20(29-25-18)17(10-26)23-19(27)11-2-4-12(21)5-3-11/h2-9,17,22,26H,10H2,1H3,(H,23,27)/t17-/m0/s1. The van der Waals surface area contributed by atoms with E-state index in [0.717, 1.165) is 10.9 Å². The number of ether oxygens (including phenoxy) is 1. The molecular weight excluding hydrogens is 379 g/mol. The van der Waals surface area contributed by atoms with Crippen LogP contribution in [-0.4, -0.2) is 39.9 Å². The first-order chi connectivity index (χ1) is 14.1. The number of H-pyrrole nitrogens is 1. The summed E-state index contributed by atoms with van der Waals surface area (Å²) in [6.07, 6.45) is 1.74. The molecule has 1 atom stereocenters. The summed E-state index contributed by atoms with van der Waals surface area (Å²) in [7, 11) is 1.58. The highest BCUT2D eigenvalue weighted by molar-refractivity contribution is 5.95. The van der Waals surface area contributed by atoms with E-state index in [1.54, 1.807) is 13.3 Å². The maximum Gasteiger partial charge on any atom is 0.251 e. The molecule has 148 valence electrons. The summed E-state index contributed by atoms with van der Waals surface area (Å²) in [5, 5.41) is 17.1. The first-order valence-corrected chi connectivity index (χ1v) is 8.75. The predicted molar refractivity (Wildman–Crippen MR) is 102 cm³/mol. The number of aliphatic hydroxyl groups excluding tert-OH is 1. The third kappa shape index (κ3) is 3.67. The Morgan fingerprint density at radius 1 is 1.31 bits per heavy atom. The number of benzene rings is 2. The zero-order chi connectivity index (χ0) is 20.4. The van der Waals surface area contributed by atoms with E-state index in [1.165, 1.54) is 24.3 Å². The minimum Gasteiger partial charge on any atom is -0.497 e. The molecular formula is C20H17FN4O4. The Balaban J connectivity index is 1.59. The topological polar surface area (TPSA) is 113 Å². The molecule has 2 aromatic carbocycles. The summed E-state index contributed by atoms with van der Waals surface area (Å²) < 4.78 is 23.5. The van der Waals surface area contributed by atoms with Gasteiger partial charge in [-0.2, -0.15) is 4.98 Å². The molecule has 0 spiro atoms. The van der Waals surface area contributed by atoms with Crippen molar-refractivity contribution in [3.8, 4) is 17.1 Å². The summed E-state index contributed by atoms with van der Waals surface area (Å²) in [6, 6.07) is 9.69. The Kier molecular flexibility index (Phi) is 4.96. The molecule has 0 bridgehead atoms. The van der Waals surface area contributed by atoms with E-state index in [1.807, 2.05) is 18.2 Å². The third-order valence-electron chi connectivity index (χ3n) is 4.46. The second-order valence-electron chi connectivity index (χ2n) is 6.29. The fraction of sp³-hybridized carbons (Fsp3) is 0.150. The number of aromatic nitrogens is 3. The predicted octanol–water partition coefficient (Wildman–Crippen LogP) is 2.83. The fourth-order valence-corrected chi connectivity index (χ4v) is 2.93. The summed E-state index contributed by atoms with van der Waals surface area (Å²) in [6.45, 7) is -0.448. The average Bonchev–Trinajstić information content (AvgIpc) is 3.38. The van der Waals surface area contributed by atoms with E-state index >= 15 is 0 Å². The van der Waals surface area contributed by atoms with Crippen molar-refractivity contribution in [2.24, 2.45) is 0 Å². The van der Waals surface area contributed by atoms with Crippen LogP contribution in [0.25, 0.3) is 22.3 Å². The SMILES string of the molecule is COc1ccc2[nH]cc(-c3noc([C@H](CO)NC(=O)c4ccc(F)cc4)n3)c2c1. The van der Waals surface area contributed by atoms with Crippen LogP contribution in [-0.2, 0) is 0 Å². The van der Waals surface area contributed by atoms with Crippen molar-refractivity contribution in [3.05, 3.63) is 65.9 Å². The molecule has 2 heterocycles. The largest absolute Gasteiger partial charge is 0.497 e. The number of hydrogen-bond acceptors (Lipinski definition) is 6. The van der Waals surface area contributed by atoms with Crippen LogP contribution in [0, 0.1) is 5.82 Å².